The van der Waals surface area contributed by atoms with E-state index in [1.165, 1.54) is 6.20 Å². The Kier molecular flexibility index (Phi) is 3.88. The van der Waals surface area contributed by atoms with E-state index >= 15 is 0 Å². The molecule has 2 aliphatic rings. The molecule has 0 radical (unpaired) electrons. The van der Waals surface area contributed by atoms with Crippen molar-refractivity contribution in [2.24, 2.45) is 0 Å². The van der Waals surface area contributed by atoms with Gasteiger partial charge >= 0.3 is 0 Å². The second-order valence-electron chi connectivity index (χ2n) is 7.05. The first-order valence-electron chi connectivity index (χ1n) is 9.12. The molecular formula is C19H18N6O2. The van der Waals surface area contributed by atoms with Gasteiger partial charge in [0, 0.05) is 48.4 Å². The van der Waals surface area contributed by atoms with Crippen molar-refractivity contribution in [3.05, 3.63) is 54.7 Å². The molecule has 0 spiro atoms. The summed E-state index contributed by atoms with van der Waals surface area (Å²) in [7, 11) is 0. The molecule has 0 aliphatic carbocycles. The van der Waals surface area contributed by atoms with Crippen LogP contribution in [0.2, 0.25) is 0 Å². The Labute approximate surface area is 155 Å². The molecule has 3 aromatic rings. The van der Waals surface area contributed by atoms with Crippen LogP contribution in [0.15, 0.2) is 47.6 Å². The number of carbonyl (C=O) groups excluding carboxylic acids is 1. The summed E-state index contributed by atoms with van der Waals surface area (Å²) in [5.74, 6) is 1.39. The van der Waals surface area contributed by atoms with Crippen molar-refractivity contribution in [2.45, 2.75) is 43.7 Å². The summed E-state index contributed by atoms with van der Waals surface area (Å²) >= 11 is 0. The molecule has 3 aromatic heterocycles. The molecule has 8 nitrogen and oxygen atoms in total. The Morgan fingerprint density at radius 2 is 1.81 bits per heavy atom. The number of carbonyl (C=O) groups is 1. The molecule has 5 rings (SSSR count). The van der Waals surface area contributed by atoms with Crippen molar-refractivity contribution in [3.63, 3.8) is 0 Å². The summed E-state index contributed by atoms with van der Waals surface area (Å²) in [5, 5.41) is 4.12. The van der Waals surface area contributed by atoms with E-state index in [0.717, 1.165) is 31.2 Å². The second kappa shape index (κ2) is 6.53. The number of nitrogens with zero attached hydrogens (tertiary/aromatic N) is 6. The molecular weight excluding hydrogens is 344 g/mol. The minimum absolute atomic E-state index is 0.0305. The van der Waals surface area contributed by atoms with Crippen LogP contribution in [0.1, 0.15) is 48.0 Å². The number of aromatic nitrogens is 5. The Morgan fingerprint density at radius 1 is 1.04 bits per heavy atom. The van der Waals surface area contributed by atoms with Gasteiger partial charge in [-0.15, -0.1) is 0 Å². The summed E-state index contributed by atoms with van der Waals surface area (Å²) in [6.45, 7) is 0. The number of rotatable bonds is 3. The molecule has 2 bridgehead atoms. The number of amides is 1. The highest BCUT2D eigenvalue weighted by Gasteiger charge is 2.45. The fraction of sp³-hybridized carbons (Fsp3) is 0.368. The highest BCUT2D eigenvalue weighted by atomic mass is 16.5. The molecule has 0 saturated carbocycles. The third kappa shape index (κ3) is 2.87. The number of pyridine rings is 1. The van der Waals surface area contributed by atoms with Gasteiger partial charge in [0.2, 0.25) is 11.7 Å². The van der Waals surface area contributed by atoms with Crippen LogP contribution in [0.4, 0.5) is 0 Å². The molecule has 2 saturated heterocycles. The van der Waals surface area contributed by atoms with Crippen LogP contribution in [-0.2, 0) is 0 Å². The number of hydrogen-bond acceptors (Lipinski definition) is 7. The van der Waals surface area contributed by atoms with E-state index in [4.69, 9.17) is 4.52 Å². The first-order valence-corrected chi connectivity index (χ1v) is 9.12. The maximum atomic E-state index is 12.9. The molecule has 0 aromatic carbocycles. The van der Waals surface area contributed by atoms with Gasteiger partial charge in [-0.1, -0.05) is 5.16 Å². The zero-order valence-electron chi connectivity index (χ0n) is 14.6. The lowest BCUT2D eigenvalue weighted by atomic mass is 9.90. The molecule has 136 valence electrons. The van der Waals surface area contributed by atoms with E-state index in [-0.39, 0.29) is 23.9 Å². The minimum atomic E-state index is -0.0305. The molecule has 1 unspecified atom stereocenters. The standard InChI is InChI=1S/C19H18N6O2/c26-19(16-11-21-7-8-22-16)25-14-1-2-15(25)10-13(9-14)18-23-17(24-27-18)12-3-5-20-6-4-12/h3-8,11,13-15H,1-2,9-10H2/t13?,14-,15+. The first-order chi connectivity index (χ1) is 13.3. The van der Waals surface area contributed by atoms with Gasteiger partial charge in [-0.05, 0) is 37.8 Å². The van der Waals surface area contributed by atoms with Crippen molar-refractivity contribution >= 4 is 5.91 Å². The van der Waals surface area contributed by atoms with Gasteiger partial charge in [-0.2, -0.15) is 4.98 Å². The molecule has 1 amide bonds. The SMILES string of the molecule is O=C(c1cnccn1)N1[C@@H]2CC[C@H]1CC(c1nc(-c3ccncc3)no1)C2. The Bertz CT molecular complexity index is 931. The van der Waals surface area contributed by atoms with Crippen molar-refractivity contribution in [2.75, 3.05) is 0 Å². The zero-order chi connectivity index (χ0) is 18.2. The minimum Gasteiger partial charge on any atom is -0.339 e. The van der Waals surface area contributed by atoms with Crippen LogP contribution in [-0.4, -0.2) is 48.0 Å². The average Bonchev–Trinajstić information content (AvgIpc) is 3.32. The lowest BCUT2D eigenvalue weighted by Gasteiger charge is -2.37. The lowest BCUT2D eigenvalue weighted by molar-refractivity contribution is 0.0548. The number of piperidine rings is 1. The molecule has 3 atom stereocenters. The van der Waals surface area contributed by atoms with E-state index in [2.05, 4.69) is 25.1 Å². The quantitative estimate of drug-likeness (QED) is 0.706. The predicted octanol–water partition coefficient (Wildman–Crippen LogP) is 2.47. The second-order valence-corrected chi connectivity index (χ2v) is 7.05. The summed E-state index contributed by atoms with van der Waals surface area (Å²) in [6.07, 6.45) is 11.8. The molecule has 0 N–H and O–H groups in total. The van der Waals surface area contributed by atoms with Gasteiger partial charge in [-0.3, -0.25) is 14.8 Å². The normalized spacial score (nSPS) is 24.1. The third-order valence-electron chi connectivity index (χ3n) is 5.48. The molecule has 2 fully saturated rings. The maximum Gasteiger partial charge on any atom is 0.274 e. The van der Waals surface area contributed by atoms with Crippen molar-refractivity contribution in [1.29, 1.82) is 0 Å². The summed E-state index contributed by atoms with van der Waals surface area (Å²) in [4.78, 5) is 31.6. The van der Waals surface area contributed by atoms with Gasteiger partial charge in [0.05, 0.1) is 6.20 Å². The molecule has 5 heterocycles. The van der Waals surface area contributed by atoms with E-state index in [1.807, 2.05) is 17.0 Å². The molecule has 27 heavy (non-hydrogen) atoms. The zero-order valence-corrected chi connectivity index (χ0v) is 14.6. The monoisotopic (exact) mass is 362 g/mol. The first kappa shape index (κ1) is 16.0. The number of fused-ring (bicyclic) bond motifs is 2. The maximum absolute atomic E-state index is 12.9. The summed E-state index contributed by atoms with van der Waals surface area (Å²) in [5.41, 5.74) is 1.30. The van der Waals surface area contributed by atoms with Crippen LogP contribution in [0.5, 0.6) is 0 Å². The van der Waals surface area contributed by atoms with E-state index < -0.39 is 0 Å². The Balaban J connectivity index is 1.35. The lowest BCUT2D eigenvalue weighted by Crippen LogP contribution is -2.46. The predicted molar refractivity (Wildman–Crippen MR) is 94.5 cm³/mol. The van der Waals surface area contributed by atoms with Crippen LogP contribution < -0.4 is 0 Å². The van der Waals surface area contributed by atoms with Crippen molar-refractivity contribution < 1.29 is 9.32 Å². The van der Waals surface area contributed by atoms with Crippen LogP contribution in [0.25, 0.3) is 11.4 Å². The average molecular weight is 362 g/mol. The molecule has 2 aliphatic heterocycles. The largest absolute Gasteiger partial charge is 0.339 e. The van der Waals surface area contributed by atoms with Crippen LogP contribution in [0, 0.1) is 0 Å². The third-order valence-corrected chi connectivity index (χ3v) is 5.48. The van der Waals surface area contributed by atoms with Crippen LogP contribution in [0.3, 0.4) is 0 Å². The van der Waals surface area contributed by atoms with Gasteiger partial charge in [0.15, 0.2) is 0 Å². The fourth-order valence-electron chi connectivity index (χ4n) is 4.27. The van der Waals surface area contributed by atoms with E-state index in [0.29, 0.717) is 17.4 Å². The Morgan fingerprint density at radius 3 is 2.52 bits per heavy atom. The topological polar surface area (TPSA) is 97.9 Å². The van der Waals surface area contributed by atoms with Gasteiger partial charge < -0.3 is 9.42 Å². The molecule has 8 heteroatoms. The fourth-order valence-corrected chi connectivity index (χ4v) is 4.27. The summed E-state index contributed by atoms with van der Waals surface area (Å²) in [6, 6.07) is 4.08. The summed E-state index contributed by atoms with van der Waals surface area (Å²) < 4.78 is 5.56. The van der Waals surface area contributed by atoms with Crippen LogP contribution >= 0.6 is 0 Å². The van der Waals surface area contributed by atoms with E-state index in [9.17, 15) is 4.79 Å². The Hall–Kier alpha value is -3.16. The van der Waals surface area contributed by atoms with Crippen molar-refractivity contribution in [1.82, 2.24) is 30.0 Å². The number of hydrogen-bond donors (Lipinski definition) is 0. The highest BCUT2D eigenvalue weighted by Crippen LogP contribution is 2.43. The highest BCUT2D eigenvalue weighted by molar-refractivity contribution is 5.92. The van der Waals surface area contributed by atoms with Gasteiger partial charge in [0.1, 0.15) is 5.69 Å². The smallest absolute Gasteiger partial charge is 0.274 e. The van der Waals surface area contributed by atoms with Gasteiger partial charge in [0.25, 0.3) is 5.91 Å². The van der Waals surface area contributed by atoms with Crippen molar-refractivity contribution in [3.8, 4) is 11.4 Å². The van der Waals surface area contributed by atoms with E-state index in [1.54, 1.807) is 24.8 Å². The van der Waals surface area contributed by atoms with Gasteiger partial charge in [-0.25, -0.2) is 4.98 Å².